The Morgan fingerprint density at radius 3 is 3.00 bits per heavy atom. The quantitative estimate of drug-likeness (QED) is 0.714. The number of aryl methyl sites for hydroxylation is 1. The van der Waals surface area contributed by atoms with Gasteiger partial charge in [0.05, 0.1) is 10.2 Å². The molecule has 2 nitrogen and oxygen atoms in total. The van der Waals surface area contributed by atoms with Gasteiger partial charge in [-0.2, -0.15) is 0 Å². The van der Waals surface area contributed by atoms with Crippen LogP contribution in [-0.4, -0.2) is 4.57 Å². The van der Waals surface area contributed by atoms with E-state index in [4.69, 9.17) is 11.6 Å². The molecule has 0 radical (unpaired) electrons. The molecule has 1 heterocycles. The molecular weight excluding hydrogens is 206 g/mol. The molecule has 1 aromatic heterocycles. The van der Waals surface area contributed by atoms with E-state index in [0.717, 1.165) is 10.2 Å². The van der Waals surface area contributed by atoms with E-state index in [0.29, 0.717) is 11.6 Å². The third-order valence-corrected chi connectivity index (χ3v) is 3.12. The number of thiazole rings is 1. The molecule has 1 aromatic carbocycles. The monoisotopic (exact) mass is 213 g/mol. The number of rotatable bonds is 1. The van der Waals surface area contributed by atoms with Gasteiger partial charge in [-0.25, -0.2) is 0 Å². The smallest absolute Gasteiger partial charge is 0.299 e. The van der Waals surface area contributed by atoms with Crippen LogP contribution in [0.3, 0.4) is 0 Å². The van der Waals surface area contributed by atoms with Crippen LogP contribution >= 0.6 is 22.9 Å². The topological polar surface area (TPSA) is 22.0 Å². The van der Waals surface area contributed by atoms with E-state index in [1.165, 1.54) is 11.3 Å². The number of nitrogens with zero attached hydrogens (tertiary/aromatic N) is 1. The van der Waals surface area contributed by atoms with Gasteiger partial charge in [0, 0.05) is 11.6 Å². The second kappa shape index (κ2) is 3.16. The molecule has 68 valence electrons. The number of halogens is 1. The highest BCUT2D eigenvalue weighted by Crippen LogP contribution is 2.21. The summed E-state index contributed by atoms with van der Waals surface area (Å²) in [5.74, 6) is 0. The van der Waals surface area contributed by atoms with Gasteiger partial charge in [0.2, 0.25) is 0 Å². The Hall–Kier alpha value is -0.800. The van der Waals surface area contributed by atoms with Crippen LogP contribution in [0.5, 0.6) is 0 Å². The van der Waals surface area contributed by atoms with Crippen molar-refractivity contribution in [1.82, 2.24) is 4.57 Å². The fourth-order valence-electron chi connectivity index (χ4n) is 1.34. The molecule has 0 aliphatic rings. The summed E-state index contributed by atoms with van der Waals surface area (Å²) in [5.41, 5.74) is 0.974. The lowest BCUT2D eigenvalue weighted by Gasteiger charge is -1.97. The summed E-state index contributed by atoms with van der Waals surface area (Å²) < 4.78 is 2.70. The van der Waals surface area contributed by atoms with E-state index < -0.39 is 0 Å². The number of fused-ring (bicyclic) bond motifs is 1. The van der Waals surface area contributed by atoms with Gasteiger partial charge in [0.15, 0.2) is 0 Å². The minimum atomic E-state index is 0.0831. The van der Waals surface area contributed by atoms with Crippen molar-refractivity contribution in [2.45, 2.75) is 13.5 Å². The maximum atomic E-state index is 11.4. The van der Waals surface area contributed by atoms with E-state index in [-0.39, 0.29) is 4.87 Å². The minimum absolute atomic E-state index is 0.0831. The average molecular weight is 214 g/mol. The Morgan fingerprint density at radius 2 is 2.31 bits per heavy atom. The SMILES string of the molecule is CCn1c(=O)sc2cc(Cl)ccc21. The summed E-state index contributed by atoms with van der Waals surface area (Å²) in [6.45, 7) is 2.67. The lowest BCUT2D eigenvalue weighted by molar-refractivity contribution is 0.778. The van der Waals surface area contributed by atoms with Crippen molar-refractivity contribution in [3.05, 3.63) is 32.9 Å². The second-order valence-corrected chi connectivity index (χ2v) is 4.15. The van der Waals surface area contributed by atoms with E-state index in [9.17, 15) is 4.79 Å². The van der Waals surface area contributed by atoms with Crippen molar-refractivity contribution < 1.29 is 0 Å². The van der Waals surface area contributed by atoms with E-state index in [1.54, 1.807) is 4.57 Å². The molecule has 0 unspecified atom stereocenters. The van der Waals surface area contributed by atoms with Crippen LogP contribution in [0.2, 0.25) is 5.02 Å². The first kappa shape index (κ1) is 8.78. The highest BCUT2D eigenvalue weighted by molar-refractivity contribution is 7.16. The molecule has 0 saturated heterocycles. The summed E-state index contributed by atoms with van der Waals surface area (Å²) in [6, 6.07) is 5.52. The van der Waals surface area contributed by atoms with Gasteiger partial charge in [-0.1, -0.05) is 22.9 Å². The summed E-state index contributed by atoms with van der Waals surface area (Å²) in [7, 11) is 0. The predicted octanol–water partition coefficient (Wildman–Crippen LogP) is 2.74. The molecule has 0 bridgehead atoms. The maximum Gasteiger partial charge on any atom is 0.308 e. The Balaban J connectivity index is 2.87. The summed E-state index contributed by atoms with van der Waals surface area (Å²) in [6.07, 6.45) is 0. The lowest BCUT2D eigenvalue weighted by Crippen LogP contribution is -2.10. The molecule has 0 aliphatic carbocycles. The van der Waals surface area contributed by atoms with Crippen molar-refractivity contribution in [3.8, 4) is 0 Å². The van der Waals surface area contributed by atoms with Gasteiger partial charge >= 0.3 is 4.87 Å². The molecule has 2 rings (SSSR count). The Kier molecular flexibility index (Phi) is 2.14. The molecule has 0 aliphatic heterocycles. The Bertz CT molecular complexity index is 500. The predicted molar refractivity (Wildman–Crippen MR) is 56.8 cm³/mol. The maximum absolute atomic E-state index is 11.4. The van der Waals surface area contributed by atoms with Crippen LogP contribution in [0.1, 0.15) is 6.92 Å². The number of aromatic nitrogens is 1. The molecule has 2 aromatic rings. The molecule has 0 spiro atoms. The van der Waals surface area contributed by atoms with Crippen LogP contribution in [0.4, 0.5) is 0 Å². The van der Waals surface area contributed by atoms with E-state index in [1.807, 2.05) is 25.1 Å². The van der Waals surface area contributed by atoms with Crippen molar-refractivity contribution in [2.24, 2.45) is 0 Å². The summed E-state index contributed by atoms with van der Waals surface area (Å²) >= 11 is 7.06. The van der Waals surface area contributed by atoms with Crippen molar-refractivity contribution >= 4 is 33.2 Å². The van der Waals surface area contributed by atoms with Gasteiger partial charge in [-0.3, -0.25) is 9.36 Å². The first-order valence-corrected chi connectivity index (χ1v) is 5.20. The van der Waals surface area contributed by atoms with Crippen molar-refractivity contribution in [2.75, 3.05) is 0 Å². The van der Waals surface area contributed by atoms with Crippen LogP contribution in [0.15, 0.2) is 23.0 Å². The highest BCUT2D eigenvalue weighted by Gasteiger charge is 2.05. The zero-order chi connectivity index (χ0) is 9.42. The molecular formula is C9H8ClNOS. The Morgan fingerprint density at radius 1 is 1.54 bits per heavy atom. The molecule has 0 N–H and O–H groups in total. The van der Waals surface area contributed by atoms with Crippen molar-refractivity contribution in [3.63, 3.8) is 0 Å². The first-order chi connectivity index (χ1) is 6.22. The summed E-state index contributed by atoms with van der Waals surface area (Å²) in [4.78, 5) is 11.5. The van der Waals surface area contributed by atoms with Gasteiger partial charge < -0.3 is 0 Å². The van der Waals surface area contributed by atoms with Crippen molar-refractivity contribution in [1.29, 1.82) is 0 Å². The average Bonchev–Trinajstić information content (AvgIpc) is 2.39. The normalized spacial score (nSPS) is 10.9. The van der Waals surface area contributed by atoms with Gasteiger partial charge in [0.25, 0.3) is 0 Å². The third-order valence-electron chi connectivity index (χ3n) is 1.95. The first-order valence-electron chi connectivity index (χ1n) is 4.01. The zero-order valence-electron chi connectivity index (χ0n) is 7.08. The standard InChI is InChI=1S/C9H8ClNOS/c1-2-11-7-4-3-6(10)5-8(7)13-9(11)12/h3-5H,2H2,1H3. The molecule has 4 heteroatoms. The lowest BCUT2D eigenvalue weighted by atomic mass is 10.3. The largest absolute Gasteiger partial charge is 0.308 e. The number of hydrogen-bond acceptors (Lipinski definition) is 2. The number of benzene rings is 1. The number of hydrogen-bond donors (Lipinski definition) is 0. The fourth-order valence-corrected chi connectivity index (χ4v) is 2.57. The van der Waals surface area contributed by atoms with Crippen LogP contribution < -0.4 is 4.87 Å². The van der Waals surface area contributed by atoms with E-state index >= 15 is 0 Å². The van der Waals surface area contributed by atoms with Crippen LogP contribution in [0, 0.1) is 0 Å². The Labute approximate surface area is 84.4 Å². The molecule has 0 atom stereocenters. The van der Waals surface area contributed by atoms with Gasteiger partial charge in [0.1, 0.15) is 0 Å². The minimum Gasteiger partial charge on any atom is -0.299 e. The fraction of sp³-hybridized carbons (Fsp3) is 0.222. The molecule has 0 fully saturated rings. The second-order valence-electron chi connectivity index (χ2n) is 2.72. The highest BCUT2D eigenvalue weighted by atomic mass is 35.5. The molecule has 0 amide bonds. The molecule has 0 saturated carbocycles. The van der Waals surface area contributed by atoms with Gasteiger partial charge in [-0.05, 0) is 25.1 Å². The summed E-state index contributed by atoms with van der Waals surface area (Å²) in [5, 5.41) is 0.678. The van der Waals surface area contributed by atoms with Gasteiger partial charge in [-0.15, -0.1) is 0 Å². The van der Waals surface area contributed by atoms with E-state index in [2.05, 4.69) is 0 Å². The molecule has 13 heavy (non-hydrogen) atoms. The third kappa shape index (κ3) is 1.38. The van der Waals surface area contributed by atoms with Crippen LogP contribution in [0.25, 0.3) is 10.2 Å². The van der Waals surface area contributed by atoms with Crippen LogP contribution in [-0.2, 0) is 6.54 Å². The zero-order valence-corrected chi connectivity index (χ0v) is 8.65.